The molecule has 1 unspecified atom stereocenters. The Labute approximate surface area is 89.3 Å². The van der Waals surface area contributed by atoms with Crippen LogP contribution in [0.1, 0.15) is 13.3 Å². The summed E-state index contributed by atoms with van der Waals surface area (Å²) in [5.74, 6) is 0. The summed E-state index contributed by atoms with van der Waals surface area (Å²) in [6.07, 6.45) is 1.61. The van der Waals surface area contributed by atoms with Crippen LogP contribution in [-0.4, -0.2) is 30.9 Å². The van der Waals surface area contributed by atoms with Crippen LogP contribution in [0.2, 0.25) is 0 Å². The fourth-order valence-corrected chi connectivity index (χ4v) is 0.882. The normalized spacial score (nSPS) is 21.2. The lowest BCUT2D eigenvalue weighted by Crippen LogP contribution is -2.37. The lowest BCUT2D eigenvalue weighted by atomic mass is 10.2. The molecule has 1 aliphatic rings. The monoisotopic (exact) mass is 225 g/mol. The van der Waals surface area contributed by atoms with E-state index < -0.39 is 0 Å². The highest BCUT2D eigenvalue weighted by Gasteiger charge is 2.08. The Bertz CT molecular complexity index is 142. The van der Waals surface area contributed by atoms with Crippen LogP contribution in [0.4, 0.5) is 0 Å². The summed E-state index contributed by atoms with van der Waals surface area (Å²) >= 11 is 9.05. The van der Waals surface area contributed by atoms with Crippen molar-refractivity contribution in [2.75, 3.05) is 19.7 Å². The maximum atomic E-state index is 5.36. The van der Waals surface area contributed by atoms with Gasteiger partial charge in [-0.05, 0) is 18.6 Å². The number of rotatable bonds is 1. The molecule has 1 saturated heterocycles. The van der Waals surface area contributed by atoms with Gasteiger partial charge in [-0.3, -0.25) is 4.84 Å². The molecule has 1 fully saturated rings. The van der Waals surface area contributed by atoms with E-state index >= 15 is 0 Å². The van der Waals surface area contributed by atoms with Gasteiger partial charge in [0.2, 0.25) is 0 Å². The summed E-state index contributed by atoms with van der Waals surface area (Å²) in [5, 5.41) is 3.36. The molecule has 0 spiro atoms. The number of thiocarbonyl (C=S) groups is 1. The highest BCUT2D eigenvalue weighted by molar-refractivity contribution is 7.80. The molecular weight excluding hydrogens is 210 g/mol. The van der Waals surface area contributed by atoms with Crippen molar-refractivity contribution in [2.45, 2.75) is 19.4 Å². The predicted molar refractivity (Wildman–Crippen MR) is 58.7 cm³/mol. The van der Waals surface area contributed by atoms with Crippen LogP contribution in [0.3, 0.4) is 0 Å². The Morgan fingerprint density at radius 1 is 1.85 bits per heavy atom. The topological polar surface area (TPSA) is 59.3 Å². The van der Waals surface area contributed by atoms with Crippen LogP contribution in [0, 0.1) is 0 Å². The molecule has 0 aromatic heterocycles. The Hall–Kier alpha value is -0.100. The van der Waals surface area contributed by atoms with E-state index in [1.165, 1.54) is 0 Å². The number of nitrogens with two attached hydrogens (primary N) is 1. The van der Waals surface area contributed by atoms with Crippen LogP contribution in [-0.2, 0) is 4.74 Å². The lowest BCUT2D eigenvalue weighted by Gasteiger charge is -2.21. The number of halogens is 1. The predicted octanol–water partition coefficient (Wildman–Crippen LogP) is 0.358. The van der Waals surface area contributed by atoms with Gasteiger partial charge in [-0.25, -0.2) is 0 Å². The minimum atomic E-state index is 0.103. The molecule has 0 bridgehead atoms. The molecule has 0 amide bonds. The van der Waals surface area contributed by atoms with E-state index in [1.807, 2.05) is 4.84 Å². The summed E-state index contributed by atoms with van der Waals surface area (Å²) in [6, 6.07) is 0. The molecule has 0 aliphatic carbocycles. The zero-order valence-corrected chi connectivity index (χ0v) is 9.25. The summed E-state index contributed by atoms with van der Waals surface area (Å²) < 4.78 is 5.36. The van der Waals surface area contributed by atoms with E-state index in [4.69, 9.17) is 22.2 Å². The van der Waals surface area contributed by atoms with Gasteiger partial charge < -0.3 is 15.8 Å². The van der Waals surface area contributed by atoms with E-state index in [-0.39, 0.29) is 5.11 Å². The largest absolute Gasteiger partial charge is 0.376 e. The SMILES string of the molecule is CCC1CNCCO1.NC(=S)NCl. The van der Waals surface area contributed by atoms with E-state index in [9.17, 15) is 0 Å². The Kier molecular flexibility index (Phi) is 8.43. The van der Waals surface area contributed by atoms with Crippen LogP contribution in [0.15, 0.2) is 0 Å². The molecule has 0 radical (unpaired) electrons. The second-order valence-corrected chi connectivity index (χ2v) is 3.19. The van der Waals surface area contributed by atoms with Gasteiger partial charge in [0, 0.05) is 24.9 Å². The molecule has 4 N–H and O–H groups in total. The smallest absolute Gasteiger partial charge is 0.178 e. The van der Waals surface area contributed by atoms with Crippen LogP contribution >= 0.6 is 24.0 Å². The van der Waals surface area contributed by atoms with E-state index in [0.717, 1.165) is 26.1 Å². The molecule has 4 nitrogen and oxygen atoms in total. The van der Waals surface area contributed by atoms with Gasteiger partial charge in [-0.2, -0.15) is 0 Å². The third-order valence-electron chi connectivity index (χ3n) is 1.55. The van der Waals surface area contributed by atoms with Crippen molar-refractivity contribution in [1.82, 2.24) is 10.2 Å². The first kappa shape index (κ1) is 12.9. The van der Waals surface area contributed by atoms with Crippen LogP contribution in [0.5, 0.6) is 0 Å². The summed E-state index contributed by atoms with van der Waals surface area (Å²) in [4.78, 5) is 2.01. The number of ether oxygens (including phenoxy) is 1. The number of nitrogens with one attached hydrogen (secondary N) is 2. The van der Waals surface area contributed by atoms with Crippen molar-refractivity contribution >= 4 is 29.1 Å². The molecule has 0 aromatic rings. The average Bonchev–Trinajstić information content (AvgIpc) is 2.20. The second kappa shape index (κ2) is 8.50. The van der Waals surface area contributed by atoms with Crippen molar-refractivity contribution in [3.05, 3.63) is 0 Å². The van der Waals surface area contributed by atoms with Crippen LogP contribution in [0.25, 0.3) is 0 Å². The minimum Gasteiger partial charge on any atom is -0.376 e. The van der Waals surface area contributed by atoms with E-state index in [2.05, 4.69) is 24.5 Å². The average molecular weight is 226 g/mol. The minimum absolute atomic E-state index is 0.103. The fraction of sp³-hybridized carbons (Fsp3) is 0.857. The first-order valence-corrected chi connectivity index (χ1v) is 4.97. The van der Waals surface area contributed by atoms with Gasteiger partial charge in [0.1, 0.15) is 0 Å². The van der Waals surface area contributed by atoms with Gasteiger partial charge in [-0.1, -0.05) is 6.92 Å². The fourth-order valence-electron chi connectivity index (χ4n) is 0.882. The molecule has 1 atom stereocenters. The zero-order valence-electron chi connectivity index (χ0n) is 7.68. The number of hydrogen-bond acceptors (Lipinski definition) is 3. The first-order valence-electron chi connectivity index (χ1n) is 4.19. The van der Waals surface area contributed by atoms with Crippen molar-refractivity contribution < 1.29 is 4.74 Å². The maximum Gasteiger partial charge on any atom is 0.178 e. The van der Waals surface area contributed by atoms with Crippen molar-refractivity contribution in [2.24, 2.45) is 5.73 Å². The summed E-state index contributed by atoms with van der Waals surface area (Å²) in [6.45, 7) is 5.10. The van der Waals surface area contributed by atoms with Gasteiger partial charge in [0.05, 0.1) is 12.7 Å². The Morgan fingerprint density at radius 3 is 2.69 bits per heavy atom. The second-order valence-electron chi connectivity index (χ2n) is 2.56. The number of hydrogen-bond donors (Lipinski definition) is 3. The molecule has 6 heteroatoms. The quantitative estimate of drug-likeness (QED) is 0.445. The molecule has 0 aromatic carbocycles. The standard InChI is InChI=1S/C6H13NO.CH3ClN2S/c1-2-6-5-7-3-4-8-6;2-4-1(3)5/h6-7H,2-5H2,1H3;(H3,3,4,5). The Morgan fingerprint density at radius 2 is 2.46 bits per heavy atom. The van der Waals surface area contributed by atoms with Crippen molar-refractivity contribution in [3.63, 3.8) is 0 Å². The zero-order chi connectivity index (χ0) is 10.1. The lowest BCUT2D eigenvalue weighted by molar-refractivity contribution is 0.0267. The third-order valence-corrected chi connectivity index (χ3v) is 1.97. The molecule has 1 heterocycles. The third kappa shape index (κ3) is 8.24. The molecule has 0 saturated carbocycles. The Balaban J connectivity index is 0.000000252. The van der Waals surface area contributed by atoms with Gasteiger partial charge in [0.25, 0.3) is 0 Å². The van der Waals surface area contributed by atoms with Crippen molar-refractivity contribution in [3.8, 4) is 0 Å². The molecule has 1 aliphatic heterocycles. The van der Waals surface area contributed by atoms with E-state index in [1.54, 1.807) is 0 Å². The molecule has 1 rings (SSSR count). The maximum absolute atomic E-state index is 5.36. The van der Waals surface area contributed by atoms with Gasteiger partial charge >= 0.3 is 0 Å². The van der Waals surface area contributed by atoms with Crippen LogP contribution < -0.4 is 15.9 Å². The van der Waals surface area contributed by atoms with Crippen molar-refractivity contribution in [1.29, 1.82) is 0 Å². The summed E-state index contributed by atoms with van der Waals surface area (Å²) in [7, 11) is 0. The van der Waals surface area contributed by atoms with E-state index in [0.29, 0.717) is 6.10 Å². The number of morpholine rings is 1. The highest BCUT2D eigenvalue weighted by Crippen LogP contribution is 1.98. The highest BCUT2D eigenvalue weighted by atomic mass is 35.5. The molecule has 13 heavy (non-hydrogen) atoms. The molecular formula is C7H16ClN3OS. The van der Waals surface area contributed by atoms with Gasteiger partial charge in [0.15, 0.2) is 5.11 Å². The molecule has 78 valence electrons. The van der Waals surface area contributed by atoms with Gasteiger partial charge in [-0.15, -0.1) is 0 Å². The summed E-state index contributed by atoms with van der Waals surface area (Å²) in [5.41, 5.74) is 4.78. The first-order chi connectivity index (χ1) is 6.20.